The third-order valence-electron chi connectivity index (χ3n) is 16.6. The van der Waals surface area contributed by atoms with Gasteiger partial charge in [0, 0.05) is 97.8 Å². The molecule has 29 heteroatoms. The summed E-state index contributed by atoms with van der Waals surface area (Å²) in [5, 5.41) is 41.4. The number of carbonyl (C=O) groups is 10. The van der Waals surface area contributed by atoms with E-state index in [-0.39, 0.29) is 101 Å². The number of aromatic hydroxyl groups is 1. The number of guanidine groups is 1. The first kappa shape index (κ1) is 68.6. The van der Waals surface area contributed by atoms with Gasteiger partial charge in [0.05, 0.1) is 12.9 Å². The molecule has 2 fully saturated rings. The molecule has 9 atom stereocenters. The zero-order valence-corrected chi connectivity index (χ0v) is 52.1. The average Bonchev–Trinajstić information content (AvgIpc) is 1.96. The van der Waals surface area contributed by atoms with Crippen molar-refractivity contribution in [1.82, 2.24) is 67.0 Å². The molecular weight excluding hydrogens is 1200 g/mol. The number of phenols is 1. The fourth-order valence-electron chi connectivity index (χ4n) is 11.8. The maximum atomic E-state index is 15.4. The van der Waals surface area contributed by atoms with Gasteiger partial charge in [0.2, 0.25) is 59.1 Å². The van der Waals surface area contributed by atoms with Crippen LogP contribution in [0.1, 0.15) is 88.1 Å². The predicted molar refractivity (Wildman–Crippen MR) is 342 cm³/mol. The van der Waals surface area contributed by atoms with E-state index < -0.39 is 114 Å². The number of rotatable bonds is 32. The number of amides is 10. The molecule has 29 nitrogen and oxygen atoms in total. The van der Waals surface area contributed by atoms with E-state index in [0.29, 0.717) is 46.1 Å². The van der Waals surface area contributed by atoms with Gasteiger partial charge in [0.15, 0.2) is 5.96 Å². The number of fused-ring (bicyclic) bond motifs is 2. The van der Waals surface area contributed by atoms with E-state index in [2.05, 4.69) is 62.1 Å². The van der Waals surface area contributed by atoms with Crippen LogP contribution in [0, 0.1) is 5.92 Å². The third-order valence-corrected chi connectivity index (χ3v) is 16.6. The summed E-state index contributed by atoms with van der Waals surface area (Å²) >= 11 is 0. The standard InChI is InChI=1S/C64H83N17O12/c1-4-80(53(25-35(2)3)63(93)81-24-10-16-52(81)55(65)85)62(92)50(28-38-31-71-44-14-8-6-12-42(38)44)78-56(86)45(15-9-23-69-64(66)67)74-58(88)47(26-36-17-19-40(83)20-18-36)75-61(91)51(33-82)79-59(89)48(27-37-30-70-43-13-7-5-11-41(37)43)76-60(90)49(29-39-32-68-34-72-39)77-57(87)46-21-22-54(84)73-46/h5-8,11-14,17-20,30-32,34-35,45-53,70-71,82-83H,4,9-10,15-16,21-29,33H2,1-3H3,(H2,65,85)(H,68,72)(H,73,84)(H,74,88)(H,75,91)(H,76,90)(H,77,87)(H,78,86)(H,79,89)(H4,66,67,69). The van der Waals surface area contributed by atoms with E-state index in [9.17, 15) is 43.8 Å². The first-order valence-electron chi connectivity index (χ1n) is 31.1. The lowest BCUT2D eigenvalue weighted by Gasteiger charge is -2.37. The van der Waals surface area contributed by atoms with Gasteiger partial charge in [-0.2, -0.15) is 0 Å². The van der Waals surface area contributed by atoms with Crippen LogP contribution in [0.25, 0.3) is 21.8 Å². The number of likely N-dealkylation sites (N-methyl/N-ethyl adjacent to an activating group) is 1. The second kappa shape index (κ2) is 32.1. The SMILES string of the molecule is CCN(C(=O)C(Cc1c[nH]c2ccccc12)NC(=O)C(CCCN=C(N)N)NC(=O)C(Cc1ccc(O)cc1)NC(=O)C(CO)NC(=O)C(Cc1c[nH]c2ccccc12)NC(=O)C(Cc1cnc[nH]1)NC(=O)C1CCC(=O)N1)C(CC(C)C)C(=O)N1CCCC1C(N)=O. The van der Waals surface area contributed by atoms with Crippen molar-refractivity contribution < 1.29 is 58.2 Å². The number of nitrogens with zero attached hydrogens (tertiary/aromatic N) is 4. The van der Waals surface area contributed by atoms with Crippen LogP contribution >= 0.6 is 0 Å². The number of hydrogen-bond donors (Lipinski definition) is 15. The van der Waals surface area contributed by atoms with Gasteiger partial charge in [-0.15, -0.1) is 0 Å². The monoisotopic (exact) mass is 1280 g/mol. The summed E-state index contributed by atoms with van der Waals surface area (Å²) in [4.78, 5) is 162. The molecule has 2 saturated heterocycles. The number of aromatic amines is 3. The fourth-order valence-corrected chi connectivity index (χ4v) is 11.8. The Morgan fingerprint density at radius 2 is 1.26 bits per heavy atom. The van der Waals surface area contributed by atoms with Crippen LogP contribution in [-0.4, -0.2) is 186 Å². The summed E-state index contributed by atoms with van der Waals surface area (Å²) in [5.74, 6) is -7.86. The molecular formula is C64H83N17O12. The van der Waals surface area contributed by atoms with Gasteiger partial charge < -0.3 is 89.4 Å². The van der Waals surface area contributed by atoms with E-state index >= 15 is 14.4 Å². The van der Waals surface area contributed by atoms with Gasteiger partial charge in [-0.3, -0.25) is 52.9 Å². The summed E-state index contributed by atoms with van der Waals surface area (Å²) in [6, 6.07) is 8.31. The van der Waals surface area contributed by atoms with Gasteiger partial charge in [-0.1, -0.05) is 62.4 Å². The Labute approximate surface area is 536 Å². The molecule has 0 radical (unpaired) electrons. The Bertz CT molecular complexity index is 3660. The first-order chi connectivity index (χ1) is 44.6. The lowest BCUT2D eigenvalue weighted by atomic mass is 9.97. The van der Waals surface area contributed by atoms with Crippen LogP contribution in [0.3, 0.4) is 0 Å². The number of H-pyrrole nitrogens is 3. The first-order valence-corrected chi connectivity index (χ1v) is 31.1. The second-order valence-electron chi connectivity index (χ2n) is 23.8. The Hall–Kier alpha value is -10.3. The highest BCUT2D eigenvalue weighted by molar-refractivity contribution is 6.00. The molecule has 2 aliphatic rings. The summed E-state index contributed by atoms with van der Waals surface area (Å²) < 4.78 is 0. The molecule has 9 unspecified atom stereocenters. The van der Waals surface area contributed by atoms with Crippen molar-refractivity contribution in [3.63, 3.8) is 0 Å². The molecule has 93 heavy (non-hydrogen) atoms. The topological polar surface area (TPSA) is 453 Å². The zero-order chi connectivity index (χ0) is 66.9. The minimum atomic E-state index is -1.79. The van der Waals surface area contributed by atoms with E-state index in [1.54, 1.807) is 37.5 Å². The summed E-state index contributed by atoms with van der Waals surface area (Å²) in [7, 11) is 0. The number of primary amides is 1. The number of aliphatic imine (C=N–C) groups is 1. The Morgan fingerprint density at radius 3 is 1.82 bits per heavy atom. The smallest absolute Gasteiger partial charge is 0.246 e. The summed E-state index contributed by atoms with van der Waals surface area (Å²) in [6.45, 7) is 4.72. The number of nitrogens with two attached hydrogens (primary N) is 3. The maximum Gasteiger partial charge on any atom is 0.246 e. The molecule has 3 aromatic heterocycles. The van der Waals surface area contributed by atoms with Crippen LogP contribution in [0.15, 0.2) is 103 Å². The van der Waals surface area contributed by atoms with E-state index in [4.69, 9.17) is 17.2 Å². The number of likely N-dealkylation sites (tertiary alicyclic amines) is 1. The van der Waals surface area contributed by atoms with Crippen molar-refractivity contribution in [2.75, 3.05) is 26.2 Å². The number of carbonyl (C=O) groups excluding carboxylic acids is 10. The minimum absolute atomic E-state index is 0.00194. The van der Waals surface area contributed by atoms with Crippen LogP contribution < -0.4 is 54.4 Å². The van der Waals surface area contributed by atoms with E-state index in [1.165, 1.54) is 46.6 Å². The highest BCUT2D eigenvalue weighted by Gasteiger charge is 2.42. The Morgan fingerprint density at radius 1 is 0.699 bits per heavy atom. The molecule has 8 rings (SSSR count). The molecule has 0 bridgehead atoms. The molecule has 2 aliphatic heterocycles. The highest BCUT2D eigenvalue weighted by Crippen LogP contribution is 2.26. The molecule has 0 saturated carbocycles. The quantitative estimate of drug-likeness (QED) is 0.0141. The molecule has 496 valence electrons. The van der Waals surface area contributed by atoms with Gasteiger partial charge >= 0.3 is 0 Å². The number of hydrogen-bond acceptors (Lipinski definition) is 14. The Balaban J connectivity index is 1.07. The number of para-hydroxylation sites is 2. The van der Waals surface area contributed by atoms with Crippen LogP contribution in [0.4, 0.5) is 0 Å². The van der Waals surface area contributed by atoms with Gasteiger partial charge in [-0.25, -0.2) is 4.98 Å². The molecule has 3 aromatic carbocycles. The molecule has 5 heterocycles. The van der Waals surface area contributed by atoms with Gasteiger partial charge in [0.1, 0.15) is 60.1 Å². The number of imidazole rings is 1. The molecule has 6 aromatic rings. The normalized spacial score (nSPS) is 16.8. The molecule has 0 aliphatic carbocycles. The second-order valence-corrected chi connectivity index (χ2v) is 23.8. The fraction of sp³-hybridized carbons (Fsp3) is 0.438. The summed E-state index contributed by atoms with van der Waals surface area (Å²) in [5.41, 5.74) is 20.6. The highest BCUT2D eigenvalue weighted by atomic mass is 16.3. The van der Waals surface area contributed by atoms with E-state index in [0.717, 1.165) is 10.9 Å². The Kier molecular flexibility index (Phi) is 23.7. The van der Waals surface area contributed by atoms with Crippen LogP contribution in [0.5, 0.6) is 5.75 Å². The van der Waals surface area contributed by atoms with Crippen molar-refractivity contribution >= 4 is 86.8 Å². The number of benzene rings is 3. The minimum Gasteiger partial charge on any atom is -0.508 e. The molecule has 10 amide bonds. The molecule has 18 N–H and O–H groups in total. The summed E-state index contributed by atoms with van der Waals surface area (Å²) in [6.07, 6.45) is 6.85. The average molecular weight is 1280 g/mol. The van der Waals surface area contributed by atoms with Crippen molar-refractivity contribution in [1.29, 1.82) is 0 Å². The van der Waals surface area contributed by atoms with E-state index in [1.807, 2.05) is 44.2 Å². The van der Waals surface area contributed by atoms with Crippen molar-refractivity contribution in [3.8, 4) is 5.75 Å². The lowest BCUT2D eigenvalue weighted by Crippen LogP contribution is -2.62. The van der Waals surface area contributed by atoms with Gasteiger partial charge in [-0.05, 0) is 92.3 Å². The largest absolute Gasteiger partial charge is 0.508 e. The lowest BCUT2D eigenvalue weighted by molar-refractivity contribution is -0.150. The third kappa shape index (κ3) is 18.2. The van der Waals surface area contributed by atoms with Crippen molar-refractivity contribution in [2.24, 2.45) is 28.1 Å². The number of phenolic OH excluding ortho intramolecular Hbond substituents is 1. The number of nitrogens with one attached hydrogen (secondary N) is 10. The predicted octanol–water partition coefficient (Wildman–Crippen LogP) is -0.679. The number of aliphatic hydroxyl groups excluding tert-OH is 1. The number of aliphatic hydroxyl groups is 1. The van der Waals surface area contributed by atoms with Crippen molar-refractivity contribution in [2.45, 2.75) is 146 Å². The zero-order valence-electron chi connectivity index (χ0n) is 52.1. The molecule has 0 spiro atoms. The van der Waals surface area contributed by atoms with Gasteiger partial charge in [0.25, 0.3) is 0 Å². The van der Waals surface area contributed by atoms with Crippen molar-refractivity contribution in [3.05, 3.63) is 120 Å². The number of aromatic nitrogens is 4. The van der Waals surface area contributed by atoms with Crippen LogP contribution in [0.2, 0.25) is 0 Å². The van der Waals surface area contributed by atoms with Crippen LogP contribution in [-0.2, 0) is 73.6 Å². The maximum absolute atomic E-state index is 15.4.